The molecule has 1 saturated carbocycles. The van der Waals surface area contributed by atoms with Crippen LogP contribution in [0.2, 0.25) is 0 Å². The van der Waals surface area contributed by atoms with Gasteiger partial charge in [0.05, 0.1) is 23.7 Å². The highest BCUT2D eigenvalue weighted by Crippen LogP contribution is 2.35. The number of hydrogen-bond donors (Lipinski definition) is 2. The zero-order valence-electron chi connectivity index (χ0n) is 12.8. The van der Waals surface area contributed by atoms with Crippen molar-refractivity contribution in [3.05, 3.63) is 42.2 Å². The van der Waals surface area contributed by atoms with Gasteiger partial charge in [0.25, 0.3) is 0 Å². The number of rotatable bonds is 4. The molecule has 1 aromatic heterocycles. The monoisotopic (exact) mass is 353 g/mol. The van der Waals surface area contributed by atoms with Crippen LogP contribution in [-0.4, -0.2) is 26.8 Å². The quantitative estimate of drug-likeness (QED) is 0.885. The van der Waals surface area contributed by atoms with Crippen molar-refractivity contribution in [2.45, 2.75) is 19.0 Å². The number of aliphatic carboxylic acids is 1. The highest BCUT2D eigenvalue weighted by atomic mass is 19.4. The van der Waals surface area contributed by atoms with Crippen LogP contribution in [0.25, 0.3) is 5.69 Å². The van der Waals surface area contributed by atoms with Gasteiger partial charge in [0.2, 0.25) is 5.91 Å². The highest BCUT2D eigenvalue weighted by molar-refractivity contribution is 5.96. The molecule has 9 heteroatoms. The van der Waals surface area contributed by atoms with E-state index in [0.29, 0.717) is 18.5 Å². The van der Waals surface area contributed by atoms with E-state index >= 15 is 0 Å². The summed E-state index contributed by atoms with van der Waals surface area (Å²) in [5, 5.41) is 15.2. The van der Waals surface area contributed by atoms with Crippen molar-refractivity contribution in [3.63, 3.8) is 0 Å². The molecule has 6 nitrogen and oxygen atoms in total. The maximum absolute atomic E-state index is 12.9. The van der Waals surface area contributed by atoms with Gasteiger partial charge in [0.15, 0.2) is 0 Å². The Labute approximate surface area is 140 Å². The maximum atomic E-state index is 12.9. The van der Waals surface area contributed by atoms with Crippen molar-refractivity contribution in [3.8, 4) is 5.69 Å². The summed E-state index contributed by atoms with van der Waals surface area (Å²) in [5.74, 6) is -2.67. The van der Waals surface area contributed by atoms with Crippen molar-refractivity contribution in [1.29, 1.82) is 0 Å². The molecule has 0 radical (unpaired) electrons. The summed E-state index contributed by atoms with van der Waals surface area (Å²) in [5.41, 5.74) is -0.323. The van der Waals surface area contributed by atoms with Gasteiger partial charge in [-0.3, -0.25) is 9.59 Å². The van der Waals surface area contributed by atoms with Crippen LogP contribution in [0.1, 0.15) is 18.5 Å². The molecule has 1 fully saturated rings. The molecule has 1 aliphatic carbocycles. The van der Waals surface area contributed by atoms with Crippen LogP contribution < -0.4 is 5.32 Å². The summed E-state index contributed by atoms with van der Waals surface area (Å²) in [6.07, 6.45) is -2.50. The van der Waals surface area contributed by atoms with Crippen LogP contribution in [-0.2, 0) is 15.8 Å². The van der Waals surface area contributed by atoms with Crippen molar-refractivity contribution in [1.82, 2.24) is 9.78 Å². The van der Waals surface area contributed by atoms with E-state index in [0.717, 1.165) is 16.9 Å². The Balaban J connectivity index is 1.72. The minimum absolute atomic E-state index is 0.197. The van der Waals surface area contributed by atoms with Gasteiger partial charge in [-0.2, -0.15) is 18.3 Å². The Morgan fingerprint density at radius 3 is 2.28 bits per heavy atom. The number of benzene rings is 1. The first-order valence-corrected chi connectivity index (χ1v) is 7.52. The van der Waals surface area contributed by atoms with Gasteiger partial charge in [-0.1, -0.05) is 0 Å². The molecule has 2 N–H and O–H groups in total. The fourth-order valence-electron chi connectivity index (χ4n) is 2.75. The maximum Gasteiger partial charge on any atom is 0.433 e. The van der Waals surface area contributed by atoms with E-state index in [9.17, 15) is 22.8 Å². The number of anilines is 1. The van der Waals surface area contributed by atoms with Crippen molar-refractivity contribution in [2.24, 2.45) is 11.8 Å². The molecule has 2 atom stereocenters. The summed E-state index contributed by atoms with van der Waals surface area (Å²) in [6.45, 7) is 0. The number of aromatic nitrogens is 2. The zero-order valence-corrected chi connectivity index (χ0v) is 12.8. The average Bonchev–Trinajstić information content (AvgIpc) is 2.95. The first kappa shape index (κ1) is 17.0. The van der Waals surface area contributed by atoms with Crippen molar-refractivity contribution in [2.75, 3.05) is 5.32 Å². The largest absolute Gasteiger partial charge is 0.481 e. The lowest BCUT2D eigenvalue weighted by Gasteiger charge is -2.31. The molecule has 25 heavy (non-hydrogen) atoms. The van der Waals surface area contributed by atoms with Gasteiger partial charge in [0.1, 0.15) is 5.69 Å². The number of nitrogens with zero attached hydrogens (tertiary/aromatic N) is 2. The first-order valence-electron chi connectivity index (χ1n) is 7.52. The van der Waals surface area contributed by atoms with E-state index in [1.165, 1.54) is 24.3 Å². The first-order chi connectivity index (χ1) is 11.8. The fourth-order valence-corrected chi connectivity index (χ4v) is 2.75. The van der Waals surface area contributed by atoms with E-state index in [1.807, 2.05) is 0 Å². The Kier molecular flexibility index (Phi) is 4.23. The third kappa shape index (κ3) is 3.35. The number of carbonyl (C=O) groups excluding carboxylic acids is 1. The molecule has 2 unspecified atom stereocenters. The summed E-state index contributed by atoms with van der Waals surface area (Å²) in [4.78, 5) is 23.0. The molecule has 1 amide bonds. The number of carbonyl (C=O) groups is 2. The summed E-state index contributed by atoms with van der Waals surface area (Å²) < 4.78 is 39.4. The standard InChI is InChI=1S/C16H14F3N3O3/c17-16(18,19)13-7-8-20-22(13)10-3-1-9(2-4-10)21-14(23)11-5-6-12(11)15(24)25/h1-4,7-8,11-12H,5-6H2,(H,21,23)(H,24,25). The Bertz CT molecular complexity index is 799. The lowest BCUT2D eigenvalue weighted by Crippen LogP contribution is -2.41. The molecule has 0 spiro atoms. The van der Waals surface area contributed by atoms with Gasteiger partial charge in [-0.25, -0.2) is 4.68 Å². The molecule has 3 rings (SSSR count). The van der Waals surface area contributed by atoms with Crippen molar-refractivity contribution < 1.29 is 27.9 Å². The molecule has 0 saturated heterocycles. The minimum atomic E-state index is -4.53. The van der Waals surface area contributed by atoms with Crippen LogP contribution in [0.4, 0.5) is 18.9 Å². The van der Waals surface area contributed by atoms with Crippen LogP contribution >= 0.6 is 0 Å². The van der Waals surface area contributed by atoms with Crippen LogP contribution in [0.3, 0.4) is 0 Å². The van der Waals surface area contributed by atoms with Crippen molar-refractivity contribution >= 4 is 17.6 Å². The predicted molar refractivity (Wildman–Crippen MR) is 81.0 cm³/mol. The number of carboxylic acids is 1. The van der Waals surface area contributed by atoms with E-state index in [1.54, 1.807) is 0 Å². The van der Waals surface area contributed by atoms with E-state index in [4.69, 9.17) is 5.11 Å². The summed E-state index contributed by atoms with van der Waals surface area (Å²) >= 11 is 0. The minimum Gasteiger partial charge on any atom is -0.481 e. The molecule has 1 aromatic carbocycles. The summed E-state index contributed by atoms with van der Waals surface area (Å²) in [6, 6.07) is 6.56. The van der Waals surface area contributed by atoms with Crippen LogP contribution in [0, 0.1) is 11.8 Å². The molecular weight excluding hydrogens is 339 g/mol. The van der Waals surface area contributed by atoms with E-state index < -0.39 is 35.6 Å². The number of halogens is 3. The second-order valence-corrected chi connectivity index (χ2v) is 5.79. The summed E-state index contributed by atoms with van der Waals surface area (Å²) in [7, 11) is 0. The molecular formula is C16H14F3N3O3. The van der Waals surface area contributed by atoms with E-state index in [-0.39, 0.29) is 5.69 Å². The second kappa shape index (κ2) is 6.23. The lowest BCUT2D eigenvalue weighted by molar-refractivity contribution is -0.151. The third-order valence-corrected chi connectivity index (χ3v) is 4.24. The predicted octanol–water partition coefficient (Wildman–Crippen LogP) is 2.94. The molecule has 132 valence electrons. The molecule has 2 aromatic rings. The number of amides is 1. The lowest BCUT2D eigenvalue weighted by atomic mass is 9.73. The average molecular weight is 353 g/mol. The number of carboxylic acid groups (broad SMARTS) is 1. The molecule has 0 aliphatic heterocycles. The number of hydrogen-bond acceptors (Lipinski definition) is 3. The van der Waals surface area contributed by atoms with Gasteiger partial charge in [-0.05, 0) is 43.2 Å². The molecule has 1 heterocycles. The third-order valence-electron chi connectivity index (χ3n) is 4.24. The Morgan fingerprint density at radius 2 is 1.76 bits per heavy atom. The highest BCUT2D eigenvalue weighted by Gasteiger charge is 2.41. The van der Waals surface area contributed by atoms with E-state index in [2.05, 4.69) is 10.4 Å². The normalized spacial score (nSPS) is 20.0. The zero-order chi connectivity index (χ0) is 18.2. The van der Waals surface area contributed by atoms with Gasteiger partial charge < -0.3 is 10.4 Å². The van der Waals surface area contributed by atoms with Crippen LogP contribution in [0.15, 0.2) is 36.5 Å². The van der Waals surface area contributed by atoms with Crippen LogP contribution in [0.5, 0.6) is 0 Å². The molecule has 0 bridgehead atoms. The fraction of sp³-hybridized carbons (Fsp3) is 0.312. The Hall–Kier alpha value is -2.84. The van der Waals surface area contributed by atoms with Gasteiger partial charge in [-0.15, -0.1) is 0 Å². The second-order valence-electron chi connectivity index (χ2n) is 5.79. The van der Waals surface area contributed by atoms with Gasteiger partial charge >= 0.3 is 12.1 Å². The number of alkyl halides is 3. The Morgan fingerprint density at radius 1 is 1.12 bits per heavy atom. The smallest absolute Gasteiger partial charge is 0.433 e. The van der Waals surface area contributed by atoms with Gasteiger partial charge in [0, 0.05) is 5.69 Å². The SMILES string of the molecule is O=C(O)C1CCC1C(=O)Nc1ccc(-n2nccc2C(F)(F)F)cc1. The number of nitrogens with one attached hydrogen (secondary N) is 1. The topological polar surface area (TPSA) is 84.2 Å². The molecule has 1 aliphatic rings.